The second-order valence-corrected chi connectivity index (χ2v) is 4.14. The Hall–Kier alpha value is -2.65. The van der Waals surface area contributed by atoms with E-state index in [4.69, 9.17) is 4.52 Å². The first-order chi connectivity index (χ1) is 10.0. The summed E-state index contributed by atoms with van der Waals surface area (Å²) in [6.45, 7) is 0.390. The first-order valence-electron chi connectivity index (χ1n) is 5.95. The zero-order valence-electron chi connectivity index (χ0n) is 10.5. The van der Waals surface area contributed by atoms with Crippen molar-refractivity contribution >= 4 is 11.3 Å². The maximum atomic E-state index is 12.7. The van der Waals surface area contributed by atoms with Gasteiger partial charge in [0, 0.05) is 31.4 Å². The third kappa shape index (κ3) is 2.78. The molecule has 0 unspecified atom stereocenters. The lowest BCUT2D eigenvalue weighted by Crippen LogP contribution is -2.07. The summed E-state index contributed by atoms with van der Waals surface area (Å²) >= 11 is 0. The second kappa shape index (κ2) is 5.04. The predicted octanol–water partition coefficient (Wildman–Crippen LogP) is 1.79. The minimum absolute atomic E-state index is 0.246. The van der Waals surface area contributed by atoms with E-state index < -0.39 is 11.9 Å². The fourth-order valence-corrected chi connectivity index (χ4v) is 1.79. The van der Waals surface area contributed by atoms with Gasteiger partial charge in [0.05, 0.1) is 0 Å². The molecule has 0 aliphatic heterocycles. The van der Waals surface area contributed by atoms with Crippen LogP contribution in [0, 0.1) is 0 Å². The molecule has 3 aromatic rings. The summed E-state index contributed by atoms with van der Waals surface area (Å²) < 4.78 is 43.9. The van der Waals surface area contributed by atoms with E-state index in [0.29, 0.717) is 24.7 Å². The molecule has 0 radical (unpaired) electrons. The van der Waals surface area contributed by atoms with E-state index in [1.807, 2.05) is 0 Å². The molecule has 0 atom stereocenters. The van der Waals surface area contributed by atoms with E-state index in [2.05, 4.69) is 25.5 Å². The molecule has 0 amide bonds. The van der Waals surface area contributed by atoms with Crippen molar-refractivity contribution in [2.45, 2.75) is 12.6 Å². The van der Waals surface area contributed by atoms with Gasteiger partial charge in [-0.3, -0.25) is 0 Å². The van der Waals surface area contributed by atoms with Crippen LogP contribution in [0.4, 0.5) is 19.0 Å². The average Bonchev–Trinajstić information content (AvgIpc) is 3.06. The second-order valence-electron chi connectivity index (χ2n) is 4.14. The van der Waals surface area contributed by atoms with Gasteiger partial charge in [-0.15, -0.1) is 0 Å². The highest BCUT2D eigenvalue weighted by Gasteiger charge is 2.34. The summed E-state index contributed by atoms with van der Waals surface area (Å²) in [5.41, 5.74) is -0.717. The van der Waals surface area contributed by atoms with E-state index in [1.165, 1.54) is 18.7 Å². The van der Waals surface area contributed by atoms with E-state index in [-0.39, 0.29) is 5.52 Å². The molecule has 7 nitrogen and oxygen atoms in total. The van der Waals surface area contributed by atoms with Gasteiger partial charge in [-0.2, -0.15) is 23.3 Å². The van der Waals surface area contributed by atoms with Gasteiger partial charge >= 0.3 is 6.18 Å². The molecule has 110 valence electrons. The molecule has 0 aliphatic carbocycles. The summed E-state index contributed by atoms with van der Waals surface area (Å²) in [4.78, 5) is 7.86. The minimum Gasteiger partial charge on any atom is -0.368 e. The third-order valence-corrected chi connectivity index (χ3v) is 2.72. The minimum atomic E-state index is -4.49. The molecular formula is C11H9F3N6O. The molecule has 3 aromatic heterocycles. The largest absolute Gasteiger partial charge is 0.435 e. The molecule has 21 heavy (non-hydrogen) atoms. The zero-order chi connectivity index (χ0) is 14.9. The van der Waals surface area contributed by atoms with Crippen LogP contribution >= 0.6 is 0 Å². The summed E-state index contributed by atoms with van der Waals surface area (Å²) in [6, 6.07) is 0.946. The Morgan fingerprint density at radius 2 is 2.14 bits per heavy atom. The predicted molar refractivity (Wildman–Crippen MR) is 64.5 cm³/mol. The summed E-state index contributed by atoms with van der Waals surface area (Å²) in [5.74, 6) is 0.735. The number of nitrogens with zero attached hydrogens (tertiary/aromatic N) is 5. The fraction of sp³-hybridized carbons (Fsp3) is 0.273. The van der Waals surface area contributed by atoms with Gasteiger partial charge in [0.1, 0.15) is 5.52 Å². The fourth-order valence-electron chi connectivity index (χ4n) is 1.79. The molecule has 0 saturated carbocycles. The summed E-state index contributed by atoms with van der Waals surface area (Å²) in [6.07, 6.45) is -0.0557. The highest BCUT2D eigenvalue weighted by molar-refractivity contribution is 5.67. The normalized spacial score (nSPS) is 12.0. The highest BCUT2D eigenvalue weighted by Crippen LogP contribution is 2.29. The van der Waals surface area contributed by atoms with Crippen LogP contribution in [0.3, 0.4) is 0 Å². The molecule has 3 heterocycles. The number of halogens is 3. The van der Waals surface area contributed by atoms with E-state index in [9.17, 15) is 13.2 Å². The number of anilines is 1. The summed E-state index contributed by atoms with van der Waals surface area (Å²) in [7, 11) is 0. The first-order valence-corrected chi connectivity index (χ1v) is 5.95. The van der Waals surface area contributed by atoms with E-state index >= 15 is 0 Å². The molecule has 0 aromatic carbocycles. The number of nitrogens with one attached hydrogen (secondary N) is 1. The Kier molecular flexibility index (Phi) is 3.20. The molecule has 0 saturated heterocycles. The maximum absolute atomic E-state index is 12.7. The van der Waals surface area contributed by atoms with Crippen molar-refractivity contribution in [1.29, 1.82) is 0 Å². The van der Waals surface area contributed by atoms with Gasteiger partial charge in [-0.05, 0) is 0 Å². The molecule has 0 fully saturated rings. The van der Waals surface area contributed by atoms with Crippen LogP contribution in [-0.2, 0) is 12.6 Å². The Balaban J connectivity index is 1.80. The van der Waals surface area contributed by atoms with E-state index in [1.54, 1.807) is 0 Å². The van der Waals surface area contributed by atoms with Crippen LogP contribution in [-0.4, -0.2) is 31.3 Å². The van der Waals surface area contributed by atoms with E-state index in [0.717, 1.165) is 10.6 Å². The van der Waals surface area contributed by atoms with Crippen LogP contribution in [0.1, 0.15) is 11.6 Å². The van der Waals surface area contributed by atoms with Crippen LogP contribution in [0.15, 0.2) is 29.3 Å². The lowest BCUT2D eigenvalue weighted by molar-refractivity contribution is -0.141. The van der Waals surface area contributed by atoms with Crippen molar-refractivity contribution in [2.24, 2.45) is 0 Å². The monoisotopic (exact) mass is 298 g/mol. The standard InChI is InChI=1S/C11H9F3N6O/c12-11(13,14)8-5-7-10(16-3-4-20(7)19-8)15-2-1-9-17-6-18-21-9/h3-6H,1-2H2,(H,15,16). The summed E-state index contributed by atoms with van der Waals surface area (Å²) in [5, 5.41) is 9.86. The highest BCUT2D eigenvalue weighted by atomic mass is 19.4. The molecule has 0 spiro atoms. The van der Waals surface area contributed by atoms with Crippen molar-refractivity contribution < 1.29 is 17.7 Å². The van der Waals surface area contributed by atoms with Gasteiger partial charge in [-0.25, -0.2) is 9.50 Å². The van der Waals surface area contributed by atoms with Crippen molar-refractivity contribution in [3.63, 3.8) is 0 Å². The zero-order valence-corrected chi connectivity index (χ0v) is 10.5. The molecule has 3 rings (SSSR count). The topological polar surface area (TPSA) is 81.1 Å². The van der Waals surface area contributed by atoms with Gasteiger partial charge in [0.15, 0.2) is 17.8 Å². The number of hydrogen-bond donors (Lipinski definition) is 1. The van der Waals surface area contributed by atoms with Crippen molar-refractivity contribution in [1.82, 2.24) is 24.7 Å². The Labute approximate surface area is 115 Å². The first kappa shape index (κ1) is 13.3. The maximum Gasteiger partial charge on any atom is 0.435 e. The smallest absolute Gasteiger partial charge is 0.368 e. The van der Waals surface area contributed by atoms with Crippen molar-refractivity contribution in [2.75, 3.05) is 11.9 Å². The lowest BCUT2D eigenvalue weighted by Gasteiger charge is -2.04. The quantitative estimate of drug-likeness (QED) is 0.791. The SMILES string of the molecule is FC(F)(F)c1cc2c(NCCc3ncno3)nccn2n1. The number of alkyl halides is 3. The van der Waals surface area contributed by atoms with Crippen LogP contribution in [0.25, 0.3) is 5.52 Å². The van der Waals surface area contributed by atoms with Crippen LogP contribution < -0.4 is 5.32 Å². The molecule has 0 aliphatic rings. The molecule has 1 N–H and O–H groups in total. The van der Waals surface area contributed by atoms with Crippen molar-refractivity contribution in [3.8, 4) is 0 Å². The van der Waals surface area contributed by atoms with Gasteiger partial charge < -0.3 is 9.84 Å². The number of fused-ring (bicyclic) bond motifs is 1. The van der Waals surface area contributed by atoms with Gasteiger partial charge in [-0.1, -0.05) is 5.16 Å². The molecule has 10 heteroatoms. The van der Waals surface area contributed by atoms with Crippen LogP contribution in [0.5, 0.6) is 0 Å². The number of aromatic nitrogens is 5. The average molecular weight is 298 g/mol. The number of hydrogen-bond acceptors (Lipinski definition) is 6. The Bertz CT molecular complexity index is 736. The van der Waals surface area contributed by atoms with Gasteiger partial charge in [0.25, 0.3) is 0 Å². The lowest BCUT2D eigenvalue weighted by atomic mass is 10.3. The Morgan fingerprint density at radius 3 is 2.86 bits per heavy atom. The van der Waals surface area contributed by atoms with Gasteiger partial charge in [0.2, 0.25) is 5.89 Å². The molecular weight excluding hydrogens is 289 g/mol. The Morgan fingerprint density at radius 1 is 1.29 bits per heavy atom. The van der Waals surface area contributed by atoms with Crippen molar-refractivity contribution in [3.05, 3.63) is 36.4 Å². The molecule has 0 bridgehead atoms. The van der Waals surface area contributed by atoms with Crippen LogP contribution in [0.2, 0.25) is 0 Å². The number of rotatable bonds is 4. The third-order valence-electron chi connectivity index (χ3n) is 2.72.